The number of amides is 2. The molecule has 2 heterocycles. The van der Waals surface area contributed by atoms with E-state index in [1.165, 1.54) is 28.2 Å². The highest BCUT2D eigenvalue weighted by Crippen LogP contribution is 2.46. The molecule has 0 aromatic heterocycles. The average Bonchev–Trinajstić information content (AvgIpc) is 3.36. The highest BCUT2D eigenvalue weighted by atomic mass is 16.6. The number of non-ortho nitro benzene ring substituents is 1. The van der Waals surface area contributed by atoms with Gasteiger partial charge in [-0.25, -0.2) is 10.0 Å². The van der Waals surface area contributed by atoms with E-state index in [0.29, 0.717) is 22.8 Å². The molecule has 0 fully saturated rings. The van der Waals surface area contributed by atoms with Crippen molar-refractivity contribution in [3.63, 3.8) is 0 Å². The summed E-state index contributed by atoms with van der Waals surface area (Å²) in [6.07, 6.45) is 0. The zero-order valence-corrected chi connectivity index (χ0v) is 21.9. The summed E-state index contributed by atoms with van der Waals surface area (Å²) in [5, 5.41) is 34.2. The molecule has 0 aliphatic carbocycles. The van der Waals surface area contributed by atoms with Gasteiger partial charge in [-0.15, -0.1) is 0 Å². The predicted molar refractivity (Wildman–Crippen MR) is 148 cm³/mol. The number of phenols is 1. The third-order valence-electron chi connectivity index (χ3n) is 7.22. The second-order valence-corrected chi connectivity index (χ2v) is 9.94. The molecule has 0 radical (unpaired) electrons. The largest absolute Gasteiger partial charge is 0.508 e. The Kier molecular flexibility index (Phi) is 6.47. The number of carbonyl (C=O) groups is 2. The van der Waals surface area contributed by atoms with E-state index in [4.69, 9.17) is 0 Å². The number of carbonyl (C=O) groups excluding carboxylic acids is 2. The van der Waals surface area contributed by atoms with Crippen molar-refractivity contribution in [1.29, 1.82) is 0 Å². The van der Waals surface area contributed by atoms with Crippen LogP contribution < -0.4 is 10.0 Å². The number of nitro groups is 1. The summed E-state index contributed by atoms with van der Waals surface area (Å²) in [5.74, 6) is -4.01. The summed E-state index contributed by atoms with van der Waals surface area (Å²) in [6.45, 7) is 7.23. The standard InChI is InChI=1S/C29H27N5O5/c1-16-5-9-20(10-6-16)32-28(36)25(18(3)30-32)27(23-15-22(34(38)39)13-14-24(23)35)26-19(4)31-33(29(26)37)21-11-7-17(2)8-12-21/h5-15,25-27,35H,1-4H3/t25-,26-/m1/s1. The molecule has 3 aromatic rings. The third kappa shape index (κ3) is 4.54. The highest BCUT2D eigenvalue weighted by molar-refractivity contribution is 6.19. The van der Waals surface area contributed by atoms with Gasteiger partial charge in [0.05, 0.1) is 28.1 Å². The summed E-state index contributed by atoms with van der Waals surface area (Å²) in [6, 6.07) is 18.2. The normalized spacial score (nSPS) is 19.1. The maximum absolute atomic E-state index is 13.9. The van der Waals surface area contributed by atoms with Gasteiger partial charge in [0, 0.05) is 35.0 Å². The Balaban J connectivity index is 1.62. The molecule has 10 nitrogen and oxygen atoms in total. The van der Waals surface area contributed by atoms with Crippen LogP contribution in [-0.4, -0.2) is 33.3 Å². The molecular formula is C29H27N5O5. The van der Waals surface area contributed by atoms with Gasteiger partial charge in [-0.3, -0.25) is 19.7 Å². The smallest absolute Gasteiger partial charge is 0.269 e. The molecule has 198 valence electrons. The van der Waals surface area contributed by atoms with Gasteiger partial charge in [0.1, 0.15) is 5.75 Å². The number of aromatic hydroxyl groups is 1. The molecule has 0 spiro atoms. The van der Waals surface area contributed by atoms with E-state index in [1.54, 1.807) is 38.1 Å². The molecule has 2 atom stereocenters. The van der Waals surface area contributed by atoms with E-state index >= 15 is 0 Å². The summed E-state index contributed by atoms with van der Waals surface area (Å²) < 4.78 is 0. The minimum atomic E-state index is -0.997. The first-order valence-corrected chi connectivity index (χ1v) is 12.5. The number of nitro benzene ring substituents is 1. The molecule has 39 heavy (non-hydrogen) atoms. The number of phenolic OH excluding ortho intramolecular Hbond substituents is 1. The Labute approximate surface area is 225 Å². The van der Waals surface area contributed by atoms with Gasteiger partial charge in [0.25, 0.3) is 17.5 Å². The molecule has 3 aromatic carbocycles. The van der Waals surface area contributed by atoms with Crippen molar-refractivity contribution in [3.8, 4) is 5.75 Å². The van der Waals surface area contributed by atoms with Gasteiger partial charge in [0.2, 0.25) is 0 Å². The van der Waals surface area contributed by atoms with Crippen LogP contribution in [0.25, 0.3) is 0 Å². The Bertz CT molecular complexity index is 1460. The van der Waals surface area contributed by atoms with E-state index in [2.05, 4.69) is 10.2 Å². The van der Waals surface area contributed by atoms with E-state index in [1.807, 2.05) is 38.1 Å². The van der Waals surface area contributed by atoms with Gasteiger partial charge < -0.3 is 5.11 Å². The van der Waals surface area contributed by atoms with Crippen LogP contribution in [0.1, 0.15) is 36.5 Å². The molecule has 2 aliphatic rings. The fraction of sp³-hybridized carbons (Fsp3) is 0.241. The maximum atomic E-state index is 13.9. The zero-order chi connectivity index (χ0) is 28.0. The zero-order valence-electron chi connectivity index (χ0n) is 21.9. The van der Waals surface area contributed by atoms with Crippen molar-refractivity contribution in [1.82, 2.24) is 0 Å². The van der Waals surface area contributed by atoms with Crippen LogP contribution in [-0.2, 0) is 9.59 Å². The summed E-state index contributed by atoms with van der Waals surface area (Å²) in [5.41, 5.74) is 3.83. The summed E-state index contributed by atoms with van der Waals surface area (Å²) >= 11 is 0. The number of anilines is 2. The van der Waals surface area contributed by atoms with Gasteiger partial charge in [-0.1, -0.05) is 35.4 Å². The van der Waals surface area contributed by atoms with Gasteiger partial charge in [-0.05, 0) is 58.0 Å². The second-order valence-electron chi connectivity index (χ2n) is 9.94. The highest BCUT2D eigenvalue weighted by Gasteiger charge is 2.51. The molecule has 1 N–H and O–H groups in total. The lowest BCUT2D eigenvalue weighted by molar-refractivity contribution is -0.385. The van der Waals surface area contributed by atoms with E-state index in [-0.39, 0.29) is 17.0 Å². The fourth-order valence-corrected chi connectivity index (χ4v) is 5.20. The van der Waals surface area contributed by atoms with Crippen molar-refractivity contribution >= 4 is 40.3 Å². The number of benzene rings is 3. The van der Waals surface area contributed by atoms with E-state index in [0.717, 1.165) is 11.1 Å². The van der Waals surface area contributed by atoms with Gasteiger partial charge in [-0.2, -0.15) is 10.2 Å². The lowest BCUT2D eigenvalue weighted by Gasteiger charge is -2.29. The molecule has 2 aliphatic heterocycles. The summed E-state index contributed by atoms with van der Waals surface area (Å²) in [4.78, 5) is 38.9. The van der Waals surface area contributed by atoms with Crippen molar-refractivity contribution in [2.45, 2.75) is 33.6 Å². The molecule has 0 saturated carbocycles. The van der Waals surface area contributed by atoms with Crippen LogP contribution in [0.5, 0.6) is 5.75 Å². The van der Waals surface area contributed by atoms with Gasteiger partial charge in [0.15, 0.2) is 0 Å². The fourth-order valence-electron chi connectivity index (χ4n) is 5.20. The molecule has 0 unspecified atom stereocenters. The Morgan fingerprint density at radius 1 is 0.769 bits per heavy atom. The number of hydrazone groups is 2. The van der Waals surface area contributed by atoms with Crippen LogP contribution >= 0.6 is 0 Å². The van der Waals surface area contributed by atoms with Crippen LogP contribution in [0.15, 0.2) is 76.9 Å². The monoisotopic (exact) mass is 525 g/mol. The molecule has 0 bridgehead atoms. The topological polar surface area (TPSA) is 129 Å². The molecule has 5 rings (SSSR count). The minimum absolute atomic E-state index is 0.113. The Morgan fingerprint density at radius 2 is 1.21 bits per heavy atom. The van der Waals surface area contributed by atoms with Crippen molar-refractivity contribution in [2.24, 2.45) is 22.0 Å². The van der Waals surface area contributed by atoms with E-state index < -0.39 is 34.5 Å². The molecule has 10 heteroatoms. The lowest BCUT2D eigenvalue weighted by atomic mass is 9.72. The Hall–Kier alpha value is -4.86. The van der Waals surface area contributed by atoms with E-state index in [9.17, 15) is 24.8 Å². The van der Waals surface area contributed by atoms with Crippen LogP contribution in [0.2, 0.25) is 0 Å². The number of hydrogen-bond acceptors (Lipinski definition) is 7. The number of nitrogens with zero attached hydrogens (tertiary/aromatic N) is 5. The molecule has 0 saturated heterocycles. The van der Waals surface area contributed by atoms with Crippen LogP contribution in [0, 0.1) is 35.8 Å². The van der Waals surface area contributed by atoms with Crippen molar-refractivity contribution in [3.05, 3.63) is 93.5 Å². The first-order valence-electron chi connectivity index (χ1n) is 12.5. The summed E-state index contributed by atoms with van der Waals surface area (Å²) in [7, 11) is 0. The van der Waals surface area contributed by atoms with Crippen LogP contribution in [0.3, 0.4) is 0 Å². The lowest BCUT2D eigenvalue weighted by Crippen LogP contribution is -2.40. The van der Waals surface area contributed by atoms with Crippen LogP contribution in [0.4, 0.5) is 17.1 Å². The van der Waals surface area contributed by atoms with Crippen molar-refractivity contribution in [2.75, 3.05) is 10.0 Å². The first-order chi connectivity index (χ1) is 18.6. The number of rotatable bonds is 6. The Morgan fingerprint density at radius 3 is 1.62 bits per heavy atom. The first kappa shape index (κ1) is 25.8. The minimum Gasteiger partial charge on any atom is -0.508 e. The number of aryl methyl sites for hydroxylation is 2. The van der Waals surface area contributed by atoms with Crippen molar-refractivity contribution < 1.29 is 19.6 Å². The average molecular weight is 526 g/mol. The maximum Gasteiger partial charge on any atom is 0.269 e. The quantitative estimate of drug-likeness (QED) is 0.355. The second kappa shape index (κ2) is 9.79. The predicted octanol–water partition coefficient (Wildman–Crippen LogP) is 5.08. The number of hydrogen-bond donors (Lipinski definition) is 1. The van der Waals surface area contributed by atoms with Gasteiger partial charge >= 0.3 is 0 Å². The molecule has 2 amide bonds. The SMILES string of the molecule is CC1=NN(c2ccc(C)cc2)C(=O)[C@H]1C(c1cc([N+](=O)[O-])ccc1O)[C@@H]1C(=O)N(c2ccc(C)cc2)N=C1C. The molecular weight excluding hydrogens is 498 g/mol. The third-order valence-corrected chi connectivity index (χ3v) is 7.22.